The normalized spacial score (nSPS) is 14.8. The molecule has 0 spiro atoms. The van der Waals surface area contributed by atoms with E-state index in [0.29, 0.717) is 12.3 Å². The number of hydrogen-bond donors (Lipinski definition) is 0. The molecule has 3 aromatic carbocycles. The number of rotatable bonds is 21. The molecule has 0 radical (unpaired) electrons. The third kappa shape index (κ3) is 9.26. The van der Waals surface area contributed by atoms with E-state index >= 15 is 0 Å². The molecule has 50 heavy (non-hydrogen) atoms. The molecule has 0 bridgehead atoms. The minimum Gasteiger partial charge on any atom is -0.494 e. The van der Waals surface area contributed by atoms with Crippen molar-refractivity contribution in [1.29, 1.82) is 0 Å². The van der Waals surface area contributed by atoms with Gasteiger partial charge in [-0.3, -0.25) is 4.79 Å². The summed E-state index contributed by atoms with van der Waals surface area (Å²) < 4.78 is 11.3. The van der Waals surface area contributed by atoms with Crippen molar-refractivity contribution in [3.63, 3.8) is 0 Å². The van der Waals surface area contributed by atoms with E-state index in [1.807, 2.05) is 11.3 Å². The standard InChI is InChI=1S/C46H56O3S/c1-6-30-46(33-34(4)5)41-20-17-16-19-39(41)40-27-24-36(32-42(40)46)44-29-28-43(50-44)35-22-25-38(26-23-35)48-31-18-14-12-10-9-11-13-15-21-45(47)49-37(7-2)8-3/h7-8,16-17,19-20,22-29,32,34,37H,2-3,6,9-15,18,21,30-31,33H2,1,4-5H3. The van der Waals surface area contributed by atoms with Crippen molar-refractivity contribution in [3.05, 3.63) is 115 Å². The Morgan fingerprint density at radius 3 is 2.06 bits per heavy atom. The second kappa shape index (κ2) is 18.4. The highest BCUT2D eigenvalue weighted by Gasteiger charge is 2.42. The van der Waals surface area contributed by atoms with Gasteiger partial charge in [0.05, 0.1) is 6.61 Å². The molecular formula is C46H56O3S. The van der Waals surface area contributed by atoms with Gasteiger partial charge in [0.1, 0.15) is 11.9 Å². The number of carbonyl (C=O) groups excluding carboxylic acids is 1. The lowest BCUT2D eigenvalue weighted by atomic mass is 9.69. The highest BCUT2D eigenvalue weighted by atomic mass is 32.1. The molecule has 1 aliphatic rings. The molecule has 264 valence electrons. The molecule has 4 heteroatoms. The van der Waals surface area contributed by atoms with Gasteiger partial charge in [0.25, 0.3) is 0 Å². The maximum atomic E-state index is 11.8. The largest absolute Gasteiger partial charge is 0.494 e. The van der Waals surface area contributed by atoms with Crippen molar-refractivity contribution in [2.75, 3.05) is 6.61 Å². The van der Waals surface area contributed by atoms with Gasteiger partial charge in [0.15, 0.2) is 0 Å². The smallest absolute Gasteiger partial charge is 0.306 e. The van der Waals surface area contributed by atoms with Crippen molar-refractivity contribution in [2.24, 2.45) is 5.92 Å². The van der Waals surface area contributed by atoms with Crippen LogP contribution in [0.5, 0.6) is 5.75 Å². The van der Waals surface area contributed by atoms with Crippen LogP contribution in [-0.2, 0) is 14.9 Å². The summed E-state index contributed by atoms with van der Waals surface area (Å²) in [4.78, 5) is 14.4. The van der Waals surface area contributed by atoms with E-state index < -0.39 is 0 Å². The first-order chi connectivity index (χ1) is 24.4. The molecule has 4 aromatic rings. The maximum absolute atomic E-state index is 11.8. The van der Waals surface area contributed by atoms with Crippen LogP contribution in [0.2, 0.25) is 0 Å². The van der Waals surface area contributed by atoms with E-state index in [4.69, 9.17) is 9.47 Å². The van der Waals surface area contributed by atoms with Gasteiger partial charge in [-0.25, -0.2) is 0 Å². The first-order valence-electron chi connectivity index (χ1n) is 18.9. The van der Waals surface area contributed by atoms with Crippen molar-refractivity contribution >= 4 is 17.3 Å². The summed E-state index contributed by atoms with van der Waals surface area (Å²) in [6.07, 6.45) is 15.8. The SMILES string of the molecule is C=CC(C=C)OC(=O)CCCCCCCCCCOc1ccc(-c2ccc(-c3ccc4c(c3)C(CCC)(CC(C)C)c3ccccc3-4)s2)cc1. The Balaban J connectivity index is 1.07. The molecule has 0 N–H and O–H groups in total. The molecule has 3 nitrogen and oxygen atoms in total. The van der Waals surface area contributed by atoms with Gasteiger partial charge < -0.3 is 9.47 Å². The van der Waals surface area contributed by atoms with Crippen molar-refractivity contribution in [2.45, 2.75) is 109 Å². The van der Waals surface area contributed by atoms with Crippen LogP contribution < -0.4 is 4.74 Å². The Labute approximate surface area is 305 Å². The minimum absolute atomic E-state index is 0.0858. The summed E-state index contributed by atoms with van der Waals surface area (Å²) in [5, 5.41) is 0. The Bertz CT molecular complexity index is 1690. The maximum Gasteiger partial charge on any atom is 0.306 e. The third-order valence-corrected chi connectivity index (χ3v) is 11.2. The van der Waals surface area contributed by atoms with Gasteiger partial charge in [-0.1, -0.05) is 115 Å². The number of ether oxygens (including phenoxy) is 2. The zero-order chi connectivity index (χ0) is 35.3. The third-order valence-electron chi connectivity index (χ3n) is 10.0. The molecule has 0 saturated heterocycles. The summed E-state index contributed by atoms with van der Waals surface area (Å²) in [7, 11) is 0. The Morgan fingerprint density at radius 2 is 1.38 bits per heavy atom. The molecule has 1 unspecified atom stereocenters. The van der Waals surface area contributed by atoms with E-state index in [-0.39, 0.29) is 17.5 Å². The van der Waals surface area contributed by atoms with Gasteiger partial charge in [-0.05, 0) is 120 Å². The molecule has 0 saturated carbocycles. The lowest BCUT2D eigenvalue weighted by Crippen LogP contribution is -2.27. The lowest BCUT2D eigenvalue weighted by molar-refractivity contribution is -0.145. The fourth-order valence-corrected chi connectivity index (χ4v) is 8.72. The number of benzene rings is 3. The molecule has 1 aliphatic carbocycles. The molecule has 1 atom stereocenters. The van der Waals surface area contributed by atoms with Gasteiger partial charge in [0.2, 0.25) is 0 Å². The Hall–Kier alpha value is -3.89. The van der Waals surface area contributed by atoms with E-state index in [0.717, 1.165) is 38.0 Å². The highest BCUT2D eigenvalue weighted by molar-refractivity contribution is 7.18. The Morgan fingerprint density at radius 1 is 0.760 bits per heavy atom. The van der Waals surface area contributed by atoms with Crippen LogP contribution in [0.3, 0.4) is 0 Å². The van der Waals surface area contributed by atoms with Crippen LogP contribution in [0, 0.1) is 5.92 Å². The molecule has 0 fully saturated rings. The summed E-state index contributed by atoms with van der Waals surface area (Å²) >= 11 is 1.87. The second-order valence-corrected chi connectivity index (χ2v) is 15.4. The van der Waals surface area contributed by atoms with Crippen LogP contribution in [-0.4, -0.2) is 18.7 Å². The first-order valence-corrected chi connectivity index (χ1v) is 19.7. The summed E-state index contributed by atoms with van der Waals surface area (Å²) in [5.74, 6) is 1.39. The van der Waals surface area contributed by atoms with Crippen molar-refractivity contribution in [1.82, 2.24) is 0 Å². The second-order valence-electron chi connectivity index (χ2n) is 14.3. The van der Waals surface area contributed by atoms with E-state index in [1.54, 1.807) is 12.2 Å². The van der Waals surface area contributed by atoms with Crippen LogP contribution in [0.25, 0.3) is 32.0 Å². The van der Waals surface area contributed by atoms with Crippen LogP contribution in [0.4, 0.5) is 0 Å². The number of unbranched alkanes of at least 4 members (excludes halogenated alkanes) is 7. The molecule has 1 heterocycles. The first kappa shape index (κ1) is 37.4. The number of hydrogen-bond acceptors (Lipinski definition) is 4. The molecular weight excluding hydrogens is 633 g/mol. The molecule has 5 rings (SSSR count). The predicted octanol–water partition coefficient (Wildman–Crippen LogP) is 13.4. The average molecular weight is 689 g/mol. The summed E-state index contributed by atoms with van der Waals surface area (Å²) in [6, 6.07) is 29.5. The molecule has 1 aromatic heterocycles. The van der Waals surface area contributed by atoms with E-state index in [9.17, 15) is 4.79 Å². The average Bonchev–Trinajstić information content (AvgIpc) is 3.72. The molecule has 0 aliphatic heterocycles. The van der Waals surface area contributed by atoms with Crippen molar-refractivity contribution < 1.29 is 14.3 Å². The predicted molar refractivity (Wildman–Crippen MR) is 213 cm³/mol. The van der Waals surface area contributed by atoms with Gasteiger partial charge in [-0.2, -0.15) is 0 Å². The molecule has 0 amide bonds. The topological polar surface area (TPSA) is 35.5 Å². The van der Waals surface area contributed by atoms with E-state index in [2.05, 4.69) is 113 Å². The summed E-state index contributed by atoms with van der Waals surface area (Å²) in [5.41, 5.74) is 8.51. The van der Waals surface area contributed by atoms with Crippen molar-refractivity contribution in [3.8, 4) is 37.8 Å². The summed E-state index contributed by atoms with van der Waals surface area (Å²) in [6.45, 7) is 15.1. The number of esters is 1. The quantitative estimate of drug-likeness (QED) is 0.0496. The van der Waals surface area contributed by atoms with Gasteiger partial charge >= 0.3 is 5.97 Å². The lowest BCUT2D eigenvalue weighted by Gasteiger charge is -2.34. The van der Waals surface area contributed by atoms with Gasteiger partial charge in [0, 0.05) is 21.6 Å². The fraction of sp³-hybridized carbons (Fsp3) is 0.413. The number of carbonyl (C=O) groups is 1. The van der Waals surface area contributed by atoms with E-state index in [1.165, 1.54) is 88.1 Å². The van der Waals surface area contributed by atoms with Crippen LogP contribution in [0.1, 0.15) is 109 Å². The zero-order valence-electron chi connectivity index (χ0n) is 30.6. The zero-order valence-corrected chi connectivity index (χ0v) is 31.4. The number of thiophene rings is 1. The fourth-order valence-electron chi connectivity index (χ4n) is 7.71. The highest BCUT2D eigenvalue weighted by Crippen LogP contribution is 2.55. The van der Waals surface area contributed by atoms with Crippen LogP contribution in [0.15, 0.2) is 104 Å². The van der Waals surface area contributed by atoms with Gasteiger partial charge in [-0.15, -0.1) is 11.3 Å². The number of fused-ring (bicyclic) bond motifs is 3. The minimum atomic E-state index is -0.381. The monoisotopic (exact) mass is 688 g/mol. The Kier molecular flexibility index (Phi) is 13.7. The van der Waals surface area contributed by atoms with Crippen LogP contribution >= 0.6 is 11.3 Å².